The normalized spacial score (nSPS) is 10.7. The summed E-state index contributed by atoms with van der Waals surface area (Å²) in [5.74, 6) is 0.326. The molecule has 104 valence electrons. The second-order valence-corrected chi connectivity index (χ2v) is 5.52. The minimum Gasteiger partial charge on any atom is -0.321 e. The molecular weight excluding hydrogens is 246 g/mol. The van der Waals surface area contributed by atoms with Gasteiger partial charge in [0.1, 0.15) is 0 Å². The summed E-state index contributed by atoms with van der Waals surface area (Å²) in [7, 11) is 0. The summed E-state index contributed by atoms with van der Waals surface area (Å²) in [4.78, 5) is 12.4. The van der Waals surface area contributed by atoms with Gasteiger partial charge in [-0.1, -0.05) is 49.7 Å². The van der Waals surface area contributed by atoms with Crippen molar-refractivity contribution in [2.75, 3.05) is 5.32 Å². The third-order valence-electron chi connectivity index (χ3n) is 3.45. The Kier molecular flexibility index (Phi) is 4.23. The van der Waals surface area contributed by atoms with Crippen LogP contribution in [-0.2, 0) is 0 Å². The van der Waals surface area contributed by atoms with Gasteiger partial charge < -0.3 is 5.32 Å². The Labute approximate surface area is 120 Å². The monoisotopic (exact) mass is 267 g/mol. The van der Waals surface area contributed by atoms with Crippen molar-refractivity contribution in [2.24, 2.45) is 0 Å². The van der Waals surface area contributed by atoms with Crippen LogP contribution in [-0.4, -0.2) is 5.91 Å². The Bertz CT molecular complexity index is 629. The third kappa shape index (κ3) is 3.08. The van der Waals surface area contributed by atoms with Crippen LogP contribution < -0.4 is 5.32 Å². The molecule has 0 aliphatic carbocycles. The highest BCUT2D eigenvalue weighted by Crippen LogP contribution is 2.27. The van der Waals surface area contributed by atoms with Gasteiger partial charge in [-0.3, -0.25) is 4.79 Å². The molecule has 0 fully saturated rings. The molecule has 0 saturated carbocycles. The first-order valence-corrected chi connectivity index (χ1v) is 6.96. The standard InChI is InChI=1S/C18H21NO/c1-12(2)16-10-6-8-14(4)17(16)19-18(20)15-9-5-7-13(3)11-15/h5-12H,1-4H3,(H,19,20). The van der Waals surface area contributed by atoms with E-state index < -0.39 is 0 Å². The van der Waals surface area contributed by atoms with Crippen LogP contribution >= 0.6 is 0 Å². The van der Waals surface area contributed by atoms with Crippen molar-refractivity contribution in [3.63, 3.8) is 0 Å². The highest BCUT2D eigenvalue weighted by atomic mass is 16.1. The van der Waals surface area contributed by atoms with E-state index in [0.29, 0.717) is 11.5 Å². The molecule has 0 unspecified atom stereocenters. The van der Waals surface area contributed by atoms with Crippen LogP contribution in [0.2, 0.25) is 0 Å². The molecule has 0 aliphatic heterocycles. The second kappa shape index (κ2) is 5.91. The van der Waals surface area contributed by atoms with Crippen LogP contribution in [0, 0.1) is 13.8 Å². The van der Waals surface area contributed by atoms with Gasteiger partial charge in [-0.25, -0.2) is 0 Å². The Morgan fingerprint density at radius 1 is 1.05 bits per heavy atom. The highest BCUT2D eigenvalue weighted by Gasteiger charge is 2.13. The van der Waals surface area contributed by atoms with E-state index in [1.807, 2.05) is 50.2 Å². The molecule has 2 nitrogen and oxygen atoms in total. The Balaban J connectivity index is 2.33. The quantitative estimate of drug-likeness (QED) is 0.859. The van der Waals surface area contributed by atoms with Gasteiger partial charge in [0, 0.05) is 11.3 Å². The van der Waals surface area contributed by atoms with Crippen molar-refractivity contribution in [3.05, 3.63) is 64.7 Å². The van der Waals surface area contributed by atoms with Gasteiger partial charge in [-0.15, -0.1) is 0 Å². The van der Waals surface area contributed by atoms with Gasteiger partial charge in [-0.2, -0.15) is 0 Å². The van der Waals surface area contributed by atoms with Gasteiger partial charge >= 0.3 is 0 Å². The number of carbonyl (C=O) groups is 1. The summed E-state index contributed by atoms with van der Waals surface area (Å²) in [5, 5.41) is 3.06. The average Bonchev–Trinajstić information content (AvgIpc) is 2.40. The number of hydrogen-bond donors (Lipinski definition) is 1. The minimum absolute atomic E-state index is 0.0510. The number of nitrogens with one attached hydrogen (secondary N) is 1. The number of anilines is 1. The smallest absolute Gasteiger partial charge is 0.255 e. The lowest BCUT2D eigenvalue weighted by Crippen LogP contribution is -2.14. The lowest BCUT2D eigenvalue weighted by Gasteiger charge is -2.16. The molecule has 1 amide bonds. The summed E-state index contributed by atoms with van der Waals surface area (Å²) in [6.07, 6.45) is 0. The van der Waals surface area contributed by atoms with E-state index in [2.05, 4.69) is 25.2 Å². The fourth-order valence-corrected chi connectivity index (χ4v) is 2.31. The molecule has 0 spiro atoms. The molecule has 2 rings (SSSR count). The van der Waals surface area contributed by atoms with E-state index in [1.165, 1.54) is 5.56 Å². The van der Waals surface area contributed by atoms with Gasteiger partial charge in [0.25, 0.3) is 5.91 Å². The molecule has 0 aliphatic rings. The van der Waals surface area contributed by atoms with Crippen LogP contribution in [0.15, 0.2) is 42.5 Å². The first kappa shape index (κ1) is 14.3. The first-order valence-electron chi connectivity index (χ1n) is 6.96. The number of benzene rings is 2. The van der Waals surface area contributed by atoms with Crippen LogP contribution in [0.5, 0.6) is 0 Å². The SMILES string of the molecule is Cc1cccc(C(=O)Nc2c(C)cccc2C(C)C)c1. The average molecular weight is 267 g/mol. The van der Waals surface area contributed by atoms with Crippen LogP contribution in [0.25, 0.3) is 0 Å². The number of rotatable bonds is 3. The molecule has 0 heterocycles. The highest BCUT2D eigenvalue weighted by molar-refractivity contribution is 6.05. The summed E-state index contributed by atoms with van der Waals surface area (Å²) in [5.41, 5.74) is 4.99. The Hall–Kier alpha value is -2.09. The summed E-state index contributed by atoms with van der Waals surface area (Å²) in [6, 6.07) is 13.8. The maximum Gasteiger partial charge on any atom is 0.255 e. The summed E-state index contributed by atoms with van der Waals surface area (Å²) < 4.78 is 0. The van der Waals surface area contributed by atoms with E-state index in [9.17, 15) is 4.79 Å². The number of para-hydroxylation sites is 1. The minimum atomic E-state index is -0.0510. The molecule has 0 aromatic heterocycles. The summed E-state index contributed by atoms with van der Waals surface area (Å²) in [6.45, 7) is 8.29. The van der Waals surface area contributed by atoms with Crippen molar-refractivity contribution in [1.29, 1.82) is 0 Å². The van der Waals surface area contributed by atoms with Crippen molar-refractivity contribution in [2.45, 2.75) is 33.6 Å². The van der Waals surface area contributed by atoms with E-state index in [1.54, 1.807) is 0 Å². The third-order valence-corrected chi connectivity index (χ3v) is 3.45. The molecule has 0 saturated heterocycles. The first-order chi connectivity index (χ1) is 9.49. The lowest BCUT2D eigenvalue weighted by atomic mass is 9.98. The molecule has 1 N–H and O–H groups in total. The van der Waals surface area contributed by atoms with Gasteiger partial charge in [0.05, 0.1) is 0 Å². The van der Waals surface area contributed by atoms with Gasteiger partial charge in [-0.05, 0) is 43.0 Å². The van der Waals surface area contributed by atoms with E-state index in [-0.39, 0.29) is 5.91 Å². The molecule has 20 heavy (non-hydrogen) atoms. The Morgan fingerprint density at radius 3 is 2.40 bits per heavy atom. The predicted molar refractivity (Wildman–Crippen MR) is 84.4 cm³/mol. The van der Waals surface area contributed by atoms with Crippen molar-refractivity contribution < 1.29 is 4.79 Å². The number of aryl methyl sites for hydroxylation is 2. The number of amides is 1. The largest absolute Gasteiger partial charge is 0.321 e. The van der Waals surface area contributed by atoms with Crippen molar-refractivity contribution >= 4 is 11.6 Å². The zero-order chi connectivity index (χ0) is 14.7. The topological polar surface area (TPSA) is 29.1 Å². The van der Waals surface area contributed by atoms with E-state index in [4.69, 9.17) is 0 Å². The maximum atomic E-state index is 12.4. The molecule has 0 radical (unpaired) electrons. The zero-order valence-electron chi connectivity index (χ0n) is 12.5. The molecule has 2 aromatic carbocycles. The van der Waals surface area contributed by atoms with Gasteiger partial charge in [0.2, 0.25) is 0 Å². The van der Waals surface area contributed by atoms with Crippen LogP contribution in [0.3, 0.4) is 0 Å². The number of carbonyl (C=O) groups excluding carboxylic acids is 1. The fourth-order valence-electron chi connectivity index (χ4n) is 2.31. The lowest BCUT2D eigenvalue weighted by molar-refractivity contribution is 0.102. The van der Waals surface area contributed by atoms with Crippen LogP contribution in [0.4, 0.5) is 5.69 Å². The molecular formula is C18H21NO. The second-order valence-electron chi connectivity index (χ2n) is 5.52. The van der Waals surface area contributed by atoms with E-state index in [0.717, 1.165) is 16.8 Å². The molecule has 2 heteroatoms. The zero-order valence-corrected chi connectivity index (χ0v) is 12.5. The molecule has 0 atom stereocenters. The maximum absolute atomic E-state index is 12.4. The van der Waals surface area contributed by atoms with Crippen LogP contribution in [0.1, 0.15) is 46.8 Å². The predicted octanol–water partition coefficient (Wildman–Crippen LogP) is 4.68. The molecule has 2 aromatic rings. The number of hydrogen-bond acceptors (Lipinski definition) is 1. The summed E-state index contributed by atoms with van der Waals surface area (Å²) >= 11 is 0. The van der Waals surface area contributed by atoms with Crippen molar-refractivity contribution in [1.82, 2.24) is 0 Å². The van der Waals surface area contributed by atoms with E-state index >= 15 is 0 Å². The van der Waals surface area contributed by atoms with Gasteiger partial charge in [0.15, 0.2) is 0 Å². The molecule has 0 bridgehead atoms. The van der Waals surface area contributed by atoms with Crippen molar-refractivity contribution in [3.8, 4) is 0 Å². The Morgan fingerprint density at radius 2 is 1.75 bits per heavy atom. The fraction of sp³-hybridized carbons (Fsp3) is 0.278.